The van der Waals surface area contributed by atoms with Gasteiger partial charge in [-0.05, 0) is 47.2 Å². The number of hydrogen-bond donors (Lipinski definition) is 2. The van der Waals surface area contributed by atoms with Crippen molar-refractivity contribution in [2.75, 3.05) is 12.4 Å². The topological polar surface area (TPSA) is 58.4 Å². The molecular formula is C15H17N3OS. The number of carbonyl (C=O) groups excluding carboxylic acids is 1. The molecule has 2 heterocycles. The van der Waals surface area contributed by atoms with Crippen LogP contribution in [-0.2, 0) is 6.54 Å². The fourth-order valence-electron chi connectivity index (χ4n) is 2.45. The van der Waals surface area contributed by atoms with Crippen LogP contribution in [0.25, 0.3) is 0 Å². The van der Waals surface area contributed by atoms with E-state index in [1.807, 2.05) is 12.1 Å². The monoisotopic (exact) mass is 287 g/mol. The molecule has 5 heteroatoms. The molecule has 3 rings (SSSR count). The van der Waals surface area contributed by atoms with Gasteiger partial charge in [-0.2, -0.15) is 0 Å². The van der Waals surface area contributed by atoms with E-state index in [1.165, 1.54) is 10.4 Å². The minimum atomic E-state index is -0.108. The van der Waals surface area contributed by atoms with Gasteiger partial charge in [-0.3, -0.25) is 0 Å². The second-order valence-corrected chi connectivity index (χ2v) is 6.10. The fourth-order valence-corrected chi connectivity index (χ4v) is 3.41. The zero-order valence-corrected chi connectivity index (χ0v) is 12.3. The molecule has 1 aliphatic heterocycles. The van der Waals surface area contributed by atoms with Crippen LogP contribution >= 0.6 is 11.3 Å². The molecule has 0 spiro atoms. The summed E-state index contributed by atoms with van der Waals surface area (Å²) in [5.41, 5.74) is 10.7. The van der Waals surface area contributed by atoms with Gasteiger partial charge >= 0.3 is 6.03 Å². The standard InChI is InChI=1S/C15H17N3OS/c1-9-5-6-20-14(9)13(16)10-3-4-12-11(7-10)8-18(2)15(19)17-12/h3-7,13H,8,16H2,1-2H3,(H,17,19). The number of rotatable bonds is 2. The summed E-state index contributed by atoms with van der Waals surface area (Å²) >= 11 is 1.69. The molecule has 0 radical (unpaired) electrons. The van der Waals surface area contributed by atoms with Gasteiger partial charge in [0.15, 0.2) is 0 Å². The largest absolute Gasteiger partial charge is 0.323 e. The van der Waals surface area contributed by atoms with Crippen molar-refractivity contribution < 1.29 is 4.79 Å². The van der Waals surface area contributed by atoms with Crippen molar-refractivity contribution in [2.24, 2.45) is 5.73 Å². The van der Waals surface area contributed by atoms with Crippen molar-refractivity contribution in [3.63, 3.8) is 0 Å². The van der Waals surface area contributed by atoms with Crippen LogP contribution in [0.3, 0.4) is 0 Å². The lowest BCUT2D eigenvalue weighted by molar-refractivity contribution is 0.218. The molecule has 20 heavy (non-hydrogen) atoms. The second-order valence-electron chi connectivity index (χ2n) is 5.15. The van der Waals surface area contributed by atoms with Crippen molar-refractivity contribution in [1.29, 1.82) is 0 Å². The smallest absolute Gasteiger partial charge is 0.321 e. The van der Waals surface area contributed by atoms with Crippen LogP contribution in [-0.4, -0.2) is 18.0 Å². The number of urea groups is 1. The highest BCUT2D eigenvalue weighted by molar-refractivity contribution is 7.10. The van der Waals surface area contributed by atoms with Gasteiger partial charge < -0.3 is 16.0 Å². The minimum absolute atomic E-state index is 0.0661. The SMILES string of the molecule is Cc1ccsc1C(N)c1ccc2c(c1)CN(C)C(=O)N2. The van der Waals surface area contributed by atoms with Gasteiger partial charge in [0.1, 0.15) is 0 Å². The summed E-state index contributed by atoms with van der Waals surface area (Å²) in [6, 6.07) is 7.94. The molecule has 2 aromatic rings. The van der Waals surface area contributed by atoms with Gasteiger partial charge in [-0.15, -0.1) is 11.3 Å². The van der Waals surface area contributed by atoms with Crippen LogP contribution in [0.5, 0.6) is 0 Å². The summed E-state index contributed by atoms with van der Waals surface area (Å²) < 4.78 is 0. The maximum atomic E-state index is 11.6. The van der Waals surface area contributed by atoms with Crippen LogP contribution < -0.4 is 11.1 Å². The van der Waals surface area contributed by atoms with E-state index in [9.17, 15) is 4.79 Å². The van der Waals surface area contributed by atoms with E-state index in [4.69, 9.17) is 5.73 Å². The van der Waals surface area contributed by atoms with E-state index in [2.05, 4.69) is 29.8 Å². The van der Waals surface area contributed by atoms with Gasteiger partial charge in [0, 0.05) is 24.2 Å². The van der Waals surface area contributed by atoms with Gasteiger partial charge in [0.25, 0.3) is 0 Å². The van der Waals surface area contributed by atoms with Gasteiger partial charge in [0.2, 0.25) is 0 Å². The van der Waals surface area contributed by atoms with E-state index in [0.29, 0.717) is 6.54 Å². The Hall–Kier alpha value is -1.85. The van der Waals surface area contributed by atoms with Crippen molar-refractivity contribution in [3.8, 4) is 0 Å². The van der Waals surface area contributed by atoms with Crippen LogP contribution in [0.2, 0.25) is 0 Å². The molecule has 2 amide bonds. The second kappa shape index (κ2) is 4.92. The number of aryl methyl sites for hydroxylation is 1. The minimum Gasteiger partial charge on any atom is -0.323 e. The number of thiophene rings is 1. The number of nitrogens with two attached hydrogens (primary N) is 1. The van der Waals surface area contributed by atoms with Crippen LogP contribution in [0, 0.1) is 6.92 Å². The normalized spacial score (nSPS) is 15.8. The molecule has 0 bridgehead atoms. The number of fused-ring (bicyclic) bond motifs is 1. The third-order valence-electron chi connectivity index (χ3n) is 3.67. The van der Waals surface area contributed by atoms with Gasteiger partial charge in [-0.25, -0.2) is 4.79 Å². The summed E-state index contributed by atoms with van der Waals surface area (Å²) in [6.07, 6.45) is 0. The van der Waals surface area contributed by atoms with E-state index in [-0.39, 0.29) is 12.1 Å². The first-order valence-corrected chi connectivity index (χ1v) is 7.38. The summed E-state index contributed by atoms with van der Waals surface area (Å²) in [6.45, 7) is 2.70. The Morgan fingerprint density at radius 1 is 1.40 bits per heavy atom. The van der Waals surface area contributed by atoms with Gasteiger partial charge in [-0.1, -0.05) is 6.07 Å². The number of nitrogens with zero attached hydrogens (tertiary/aromatic N) is 1. The lowest BCUT2D eigenvalue weighted by Crippen LogP contribution is -2.35. The lowest BCUT2D eigenvalue weighted by atomic mass is 9.99. The predicted octanol–water partition coefficient (Wildman–Crippen LogP) is 3.08. The molecular weight excluding hydrogens is 270 g/mol. The summed E-state index contributed by atoms with van der Waals surface area (Å²) in [5, 5.41) is 4.94. The number of amides is 2. The molecule has 1 aliphatic rings. The molecule has 1 aromatic carbocycles. The van der Waals surface area contributed by atoms with Gasteiger partial charge in [0.05, 0.1) is 6.04 Å². The number of nitrogens with one attached hydrogen (secondary N) is 1. The first-order chi connectivity index (χ1) is 9.56. The Bertz CT molecular complexity index is 665. The van der Waals surface area contributed by atoms with E-state index in [1.54, 1.807) is 23.3 Å². The molecule has 0 saturated carbocycles. The third-order valence-corrected chi connectivity index (χ3v) is 4.77. The van der Waals surface area contributed by atoms with E-state index >= 15 is 0 Å². The molecule has 0 saturated heterocycles. The number of hydrogen-bond acceptors (Lipinski definition) is 3. The summed E-state index contributed by atoms with van der Waals surface area (Å²) in [4.78, 5) is 14.5. The van der Waals surface area contributed by atoms with Crippen molar-refractivity contribution >= 4 is 23.1 Å². The van der Waals surface area contributed by atoms with E-state index in [0.717, 1.165) is 16.8 Å². The molecule has 0 fully saturated rings. The summed E-state index contributed by atoms with van der Waals surface area (Å²) in [7, 11) is 1.79. The molecule has 104 valence electrons. The zero-order chi connectivity index (χ0) is 14.3. The molecule has 1 aromatic heterocycles. The van der Waals surface area contributed by atoms with Crippen LogP contribution in [0.1, 0.15) is 27.6 Å². The molecule has 0 aliphatic carbocycles. The average Bonchev–Trinajstić information content (AvgIpc) is 2.85. The Balaban J connectivity index is 1.95. The summed E-state index contributed by atoms with van der Waals surface area (Å²) in [5.74, 6) is 0. The molecule has 1 unspecified atom stereocenters. The molecule has 1 atom stereocenters. The van der Waals surface area contributed by atoms with E-state index < -0.39 is 0 Å². The predicted molar refractivity (Wildman–Crippen MR) is 82.0 cm³/mol. The molecule has 4 nitrogen and oxygen atoms in total. The zero-order valence-electron chi connectivity index (χ0n) is 11.5. The molecule has 3 N–H and O–H groups in total. The highest BCUT2D eigenvalue weighted by Crippen LogP contribution is 2.31. The lowest BCUT2D eigenvalue weighted by Gasteiger charge is -2.27. The average molecular weight is 287 g/mol. The van der Waals surface area contributed by atoms with Crippen molar-refractivity contribution in [2.45, 2.75) is 19.5 Å². The first kappa shape index (κ1) is 13.1. The number of anilines is 1. The Morgan fingerprint density at radius 2 is 2.20 bits per heavy atom. The third kappa shape index (κ3) is 2.19. The van der Waals surface area contributed by atoms with Crippen molar-refractivity contribution in [3.05, 3.63) is 51.2 Å². The Labute approximate surface area is 122 Å². The number of carbonyl (C=O) groups is 1. The highest BCUT2D eigenvalue weighted by atomic mass is 32.1. The number of benzene rings is 1. The highest BCUT2D eigenvalue weighted by Gasteiger charge is 2.21. The maximum absolute atomic E-state index is 11.6. The quantitative estimate of drug-likeness (QED) is 0.891. The van der Waals surface area contributed by atoms with Crippen molar-refractivity contribution in [1.82, 2.24) is 4.90 Å². The Morgan fingerprint density at radius 3 is 2.90 bits per heavy atom. The van der Waals surface area contributed by atoms with Crippen LogP contribution in [0.15, 0.2) is 29.6 Å². The van der Waals surface area contributed by atoms with Crippen LogP contribution in [0.4, 0.5) is 10.5 Å². The maximum Gasteiger partial charge on any atom is 0.321 e. The fraction of sp³-hybridized carbons (Fsp3) is 0.267. The Kier molecular flexibility index (Phi) is 3.23. The first-order valence-electron chi connectivity index (χ1n) is 6.51.